The first-order chi connectivity index (χ1) is 19.9. The van der Waals surface area contributed by atoms with Crippen LogP contribution in [0.2, 0.25) is 0 Å². The van der Waals surface area contributed by atoms with Gasteiger partial charge in [0.05, 0.1) is 12.2 Å². The molecule has 6 rings (SSSR count). The van der Waals surface area contributed by atoms with Crippen LogP contribution in [0.15, 0.2) is 78.2 Å². The number of hydrogen-bond acceptors (Lipinski definition) is 5. The van der Waals surface area contributed by atoms with Crippen molar-refractivity contribution in [3.63, 3.8) is 0 Å². The Bertz CT molecular complexity index is 1470. The van der Waals surface area contributed by atoms with E-state index in [0.29, 0.717) is 19.5 Å². The van der Waals surface area contributed by atoms with Crippen LogP contribution in [0.25, 0.3) is 11.3 Å². The zero-order valence-electron chi connectivity index (χ0n) is 24.0. The van der Waals surface area contributed by atoms with E-state index in [9.17, 15) is 9.90 Å². The van der Waals surface area contributed by atoms with Gasteiger partial charge in [-0.2, -0.15) is 0 Å². The van der Waals surface area contributed by atoms with Gasteiger partial charge in [-0.25, -0.2) is 4.98 Å². The van der Waals surface area contributed by atoms with Crippen molar-refractivity contribution < 1.29 is 9.90 Å². The second kappa shape index (κ2) is 12.2. The highest BCUT2D eigenvalue weighted by molar-refractivity contribution is 7.09. The molecule has 0 saturated heterocycles. The molecule has 1 fully saturated rings. The van der Waals surface area contributed by atoms with E-state index in [1.54, 1.807) is 11.3 Å². The molecule has 1 atom stereocenters. The fraction of sp³-hybridized carbons (Fsp3) is 0.371. The van der Waals surface area contributed by atoms with Crippen molar-refractivity contribution in [1.29, 1.82) is 0 Å². The molecular weight excluding hydrogens is 526 g/mol. The van der Waals surface area contributed by atoms with Crippen LogP contribution in [0.5, 0.6) is 0 Å². The van der Waals surface area contributed by atoms with Gasteiger partial charge in [-0.3, -0.25) is 9.69 Å². The molecular formula is C35H39N3O2S. The molecule has 3 aromatic carbocycles. The molecule has 1 aliphatic carbocycles. The summed E-state index contributed by atoms with van der Waals surface area (Å²) in [5.41, 5.74) is 8.35. The van der Waals surface area contributed by atoms with Gasteiger partial charge in [0.1, 0.15) is 11.0 Å². The quantitative estimate of drug-likeness (QED) is 0.237. The Morgan fingerprint density at radius 2 is 1.68 bits per heavy atom. The van der Waals surface area contributed by atoms with E-state index in [2.05, 4.69) is 78.8 Å². The number of nitrogens with zero attached hydrogens (tertiary/aromatic N) is 3. The maximum atomic E-state index is 12.0. The first-order valence-corrected chi connectivity index (χ1v) is 15.7. The lowest BCUT2D eigenvalue weighted by molar-refractivity contribution is -0.144. The topological polar surface area (TPSA) is 56.7 Å². The van der Waals surface area contributed by atoms with Crippen molar-refractivity contribution >= 4 is 23.0 Å². The molecule has 1 saturated carbocycles. The van der Waals surface area contributed by atoms with E-state index in [1.807, 2.05) is 23.1 Å². The van der Waals surface area contributed by atoms with E-state index in [4.69, 9.17) is 4.98 Å². The van der Waals surface area contributed by atoms with Gasteiger partial charge < -0.3 is 10.0 Å². The molecule has 5 nitrogen and oxygen atoms in total. The molecule has 1 aliphatic heterocycles. The standard InChI is InChI=1S/C35H39N3O2S/c1-24-7-11-26(12-8-24)27-13-9-25(10-14-27)20-37(2)31-17-15-28(16-18-31)32-23-41-34(36-32)22-38-21-30-6-4-3-5-29(30)19-33(38)35(39)40/h3-6,9-10,13-18,23-24,26,33H,7-8,11-12,19-22H2,1-2H3,(H,39,40). The minimum Gasteiger partial charge on any atom is -0.480 e. The monoisotopic (exact) mass is 565 g/mol. The summed E-state index contributed by atoms with van der Waals surface area (Å²) >= 11 is 1.60. The average molecular weight is 566 g/mol. The first kappa shape index (κ1) is 27.7. The summed E-state index contributed by atoms with van der Waals surface area (Å²) in [4.78, 5) is 21.2. The van der Waals surface area contributed by atoms with E-state index in [0.717, 1.165) is 40.2 Å². The Morgan fingerprint density at radius 1 is 0.976 bits per heavy atom. The molecule has 0 spiro atoms. The smallest absolute Gasteiger partial charge is 0.321 e. The molecule has 1 aromatic heterocycles. The largest absolute Gasteiger partial charge is 0.480 e. The van der Waals surface area contributed by atoms with Crippen LogP contribution in [-0.4, -0.2) is 34.0 Å². The second-order valence-electron chi connectivity index (χ2n) is 12.0. The van der Waals surface area contributed by atoms with Crippen LogP contribution < -0.4 is 4.90 Å². The molecule has 212 valence electrons. The number of rotatable bonds is 8. The Balaban J connectivity index is 1.07. The highest BCUT2D eigenvalue weighted by Gasteiger charge is 2.31. The van der Waals surface area contributed by atoms with E-state index in [1.165, 1.54) is 48.1 Å². The maximum Gasteiger partial charge on any atom is 0.321 e. The number of benzene rings is 3. The molecule has 0 bridgehead atoms. The first-order valence-electron chi connectivity index (χ1n) is 14.8. The van der Waals surface area contributed by atoms with Gasteiger partial charge in [-0.15, -0.1) is 11.3 Å². The maximum absolute atomic E-state index is 12.0. The highest BCUT2D eigenvalue weighted by Crippen LogP contribution is 2.35. The number of anilines is 1. The third-order valence-electron chi connectivity index (χ3n) is 9.01. The third kappa shape index (κ3) is 6.39. The fourth-order valence-corrected chi connectivity index (χ4v) is 7.25. The van der Waals surface area contributed by atoms with Crippen LogP contribution in [0.4, 0.5) is 5.69 Å². The third-order valence-corrected chi connectivity index (χ3v) is 9.85. The highest BCUT2D eigenvalue weighted by atomic mass is 32.1. The number of thiazole rings is 1. The van der Waals surface area contributed by atoms with Crippen LogP contribution in [0, 0.1) is 5.92 Å². The normalized spacial score (nSPS) is 20.9. The molecule has 6 heteroatoms. The Labute approximate surface area is 247 Å². The number of aliphatic carboxylic acids is 1. The van der Waals surface area contributed by atoms with Gasteiger partial charge in [0, 0.05) is 36.8 Å². The van der Waals surface area contributed by atoms with Crippen molar-refractivity contribution in [2.75, 3.05) is 11.9 Å². The number of carbonyl (C=O) groups is 1. The SMILES string of the molecule is CC1CCC(c2ccc(CN(C)c3ccc(-c4csc(CN5Cc6ccccc6CC5C(=O)O)n4)cc3)cc2)CC1. The predicted molar refractivity (Wildman–Crippen MR) is 167 cm³/mol. The summed E-state index contributed by atoms with van der Waals surface area (Å²) < 4.78 is 0. The van der Waals surface area contributed by atoms with Crippen molar-refractivity contribution in [3.8, 4) is 11.3 Å². The summed E-state index contributed by atoms with van der Waals surface area (Å²) in [5, 5.41) is 12.9. The summed E-state index contributed by atoms with van der Waals surface area (Å²) in [6.07, 6.45) is 5.88. The number of hydrogen-bond donors (Lipinski definition) is 1. The minimum atomic E-state index is -0.772. The van der Waals surface area contributed by atoms with Crippen LogP contribution in [0.3, 0.4) is 0 Å². The molecule has 41 heavy (non-hydrogen) atoms. The van der Waals surface area contributed by atoms with Crippen molar-refractivity contribution in [3.05, 3.63) is 105 Å². The Hall–Kier alpha value is -3.48. The Morgan fingerprint density at radius 3 is 2.39 bits per heavy atom. The van der Waals surface area contributed by atoms with Gasteiger partial charge in [0.15, 0.2) is 0 Å². The molecule has 1 unspecified atom stereocenters. The molecule has 0 radical (unpaired) electrons. The van der Waals surface area contributed by atoms with Gasteiger partial charge in [-0.05, 0) is 65.5 Å². The lowest BCUT2D eigenvalue weighted by atomic mass is 9.79. The summed E-state index contributed by atoms with van der Waals surface area (Å²) in [6.45, 7) is 4.41. The molecule has 4 aromatic rings. The van der Waals surface area contributed by atoms with Crippen LogP contribution in [-0.2, 0) is 30.8 Å². The van der Waals surface area contributed by atoms with Gasteiger partial charge in [-0.1, -0.05) is 80.4 Å². The minimum absolute atomic E-state index is 0.528. The van der Waals surface area contributed by atoms with Gasteiger partial charge in [0.25, 0.3) is 0 Å². The summed E-state index contributed by atoms with van der Waals surface area (Å²) in [5.74, 6) is 0.839. The zero-order chi connectivity index (χ0) is 28.3. The summed E-state index contributed by atoms with van der Waals surface area (Å²) in [6, 6.07) is 25.5. The number of carboxylic acids is 1. The van der Waals surface area contributed by atoms with Crippen molar-refractivity contribution in [1.82, 2.24) is 9.88 Å². The molecule has 0 amide bonds. The van der Waals surface area contributed by atoms with Gasteiger partial charge in [0.2, 0.25) is 0 Å². The lowest BCUT2D eigenvalue weighted by Crippen LogP contribution is -2.44. The van der Waals surface area contributed by atoms with E-state index >= 15 is 0 Å². The lowest BCUT2D eigenvalue weighted by Gasteiger charge is -2.33. The number of fused-ring (bicyclic) bond motifs is 1. The number of carboxylic acid groups (broad SMARTS) is 1. The van der Waals surface area contributed by atoms with E-state index < -0.39 is 12.0 Å². The molecule has 2 heterocycles. The Kier molecular flexibility index (Phi) is 8.22. The van der Waals surface area contributed by atoms with Crippen molar-refractivity contribution in [2.45, 2.75) is 70.6 Å². The second-order valence-corrected chi connectivity index (χ2v) is 12.9. The van der Waals surface area contributed by atoms with E-state index in [-0.39, 0.29) is 0 Å². The van der Waals surface area contributed by atoms with Gasteiger partial charge >= 0.3 is 5.97 Å². The predicted octanol–water partition coefficient (Wildman–Crippen LogP) is 7.75. The molecule has 1 N–H and O–H groups in total. The average Bonchev–Trinajstić information content (AvgIpc) is 3.46. The summed E-state index contributed by atoms with van der Waals surface area (Å²) in [7, 11) is 2.14. The van der Waals surface area contributed by atoms with Crippen molar-refractivity contribution in [2.24, 2.45) is 5.92 Å². The fourth-order valence-electron chi connectivity index (χ4n) is 6.42. The van der Waals surface area contributed by atoms with Crippen LogP contribution in [0.1, 0.15) is 65.8 Å². The number of aromatic nitrogens is 1. The zero-order valence-corrected chi connectivity index (χ0v) is 24.8. The van der Waals surface area contributed by atoms with Crippen LogP contribution >= 0.6 is 11.3 Å². The molecule has 2 aliphatic rings.